The van der Waals surface area contributed by atoms with Crippen LogP contribution in [0.5, 0.6) is 0 Å². The molecule has 0 radical (unpaired) electrons. The molecule has 5 heteroatoms. The SMILES string of the molecule is FC(F)(F)c1ccc(Cl)c(NCC2CCC2)c1. The minimum atomic E-state index is -4.32. The Labute approximate surface area is 103 Å². The van der Waals surface area contributed by atoms with E-state index in [4.69, 9.17) is 11.6 Å². The molecule has 0 saturated heterocycles. The van der Waals surface area contributed by atoms with Crippen molar-refractivity contribution >= 4 is 17.3 Å². The molecule has 1 aromatic carbocycles. The van der Waals surface area contributed by atoms with Gasteiger partial charge in [-0.1, -0.05) is 18.0 Å². The highest BCUT2D eigenvalue weighted by molar-refractivity contribution is 6.33. The molecule has 0 unspecified atom stereocenters. The van der Waals surface area contributed by atoms with Gasteiger partial charge < -0.3 is 5.32 Å². The Morgan fingerprint density at radius 3 is 2.53 bits per heavy atom. The molecule has 17 heavy (non-hydrogen) atoms. The van der Waals surface area contributed by atoms with E-state index in [1.54, 1.807) is 0 Å². The molecule has 94 valence electrons. The number of hydrogen-bond acceptors (Lipinski definition) is 1. The average molecular weight is 264 g/mol. The summed E-state index contributed by atoms with van der Waals surface area (Å²) in [5.41, 5.74) is -0.300. The topological polar surface area (TPSA) is 12.0 Å². The molecule has 0 heterocycles. The van der Waals surface area contributed by atoms with Crippen LogP contribution in [0.15, 0.2) is 18.2 Å². The molecule has 1 fully saturated rings. The maximum atomic E-state index is 12.5. The van der Waals surface area contributed by atoms with Gasteiger partial charge in [0.2, 0.25) is 0 Å². The van der Waals surface area contributed by atoms with E-state index in [1.807, 2.05) is 0 Å². The molecule has 1 aromatic rings. The second-order valence-corrected chi connectivity index (χ2v) is 4.78. The van der Waals surface area contributed by atoms with E-state index in [9.17, 15) is 13.2 Å². The van der Waals surface area contributed by atoms with Crippen LogP contribution in [0, 0.1) is 5.92 Å². The lowest BCUT2D eigenvalue weighted by Gasteiger charge is -2.26. The summed E-state index contributed by atoms with van der Waals surface area (Å²) in [6.07, 6.45) is -0.826. The number of halogens is 4. The predicted molar refractivity (Wildman–Crippen MR) is 62.3 cm³/mol. The van der Waals surface area contributed by atoms with Gasteiger partial charge in [-0.25, -0.2) is 0 Å². The Hall–Kier alpha value is -0.900. The molecule has 0 aliphatic heterocycles. The summed E-state index contributed by atoms with van der Waals surface area (Å²) in [4.78, 5) is 0. The summed E-state index contributed by atoms with van der Waals surface area (Å²) in [5, 5.41) is 3.33. The zero-order valence-corrected chi connectivity index (χ0v) is 9.91. The lowest BCUT2D eigenvalue weighted by molar-refractivity contribution is -0.137. The Bertz CT molecular complexity index is 399. The Balaban J connectivity index is 2.08. The molecule has 0 aromatic heterocycles. The number of hydrogen-bond donors (Lipinski definition) is 1. The highest BCUT2D eigenvalue weighted by Crippen LogP contribution is 2.34. The Morgan fingerprint density at radius 2 is 2.00 bits per heavy atom. The van der Waals surface area contributed by atoms with E-state index >= 15 is 0 Å². The fraction of sp³-hybridized carbons (Fsp3) is 0.500. The van der Waals surface area contributed by atoms with Gasteiger partial charge >= 0.3 is 6.18 Å². The van der Waals surface area contributed by atoms with Crippen LogP contribution in [0.2, 0.25) is 5.02 Å². The van der Waals surface area contributed by atoms with Gasteiger partial charge in [-0.3, -0.25) is 0 Å². The molecule has 1 aliphatic carbocycles. The van der Waals surface area contributed by atoms with E-state index in [1.165, 1.54) is 12.5 Å². The molecule has 1 saturated carbocycles. The first kappa shape index (κ1) is 12.6. The van der Waals surface area contributed by atoms with Crippen molar-refractivity contribution in [3.05, 3.63) is 28.8 Å². The average Bonchev–Trinajstić information content (AvgIpc) is 2.16. The molecular weight excluding hydrogens is 251 g/mol. The second kappa shape index (κ2) is 4.77. The standard InChI is InChI=1S/C12H13ClF3N/c13-10-5-4-9(12(14,15)16)6-11(10)17-7-8-2-1-3-8/h4-6,8,17H,1-3,7H2. The van der Waals surface area contributed by atoms with Gasteiger partial charge in [-0.2, -0.15) is 13.2 Å². The lowest BCUT2D eigenvalue weighted by Crippen LogP contribution is -2.21. The van der Waals surface area contributed by atoms with E-state index in [0.29, 0.717) is 23.2 Å². The van der Waals surface area contributed by atoms with E-state index in [-0.39, 0.29) is 0 Å². The largest absolute Gasteiger partial charge is 0.416 e. The van der Waals surface area contributed by atoms with Gasteiger partial charge in [0, 0.05) is 6.54 Å². The van der Waals surface area contributed by atoms with Gasteiger partial charge in [-0.15, -0.1) is 0 Å². The zero-order valence-electron chi connectivity index (χ0n) is 9.15. The van der Waals surface area contributed by atoms with E-state index in [0.717, 1.165) is 25.0 Å². The third-order valence-electron chi connectivity index (χ3n) is 3.10. The van der Waals surface area contributed by atoms with Crippen molar-refractivity contribution in [1.29, 1.82) is 0 Å². The summed E-state index contributed by atoms with van der Waals surface area (Å²) in [6, 6.07) is 3.35. The fourth-order valence-corrected chi connectivity index (χ4v) is 1.97. The Kier molecular flexibility index (Phi) is 3.52. The Morgan fingerprint density at radius 1 is 1.29 bits per heavy atom. The number of alkyl halides is 3. The van der Waals surface area contributed by atoms with E-state index < -0.39 is 11.7 Å². The quantitative estimate of drug-likeness (QED) is 0.842. The molecule has 1 nitrogen and oxygen atoms in total. The van der Waals surface area contributed by atoms with Crippen LogP contribution in [0.25, 0.3) is 0 Å². The fourth-order valence-electron chi connectivity index (χ4n) is 1.79. The van der Waals surface area contributed by atoms with Crippen molar-refractivity contribution in [2.75, 3.05) is 11.9 Å². The van der Waals surface area contributed by atoms with Crippen molar-refractivity contribution < 1.29 is 13.2 Å². The van der Waals surface area contributed by atoms with Crippen molar-refractivity contribution in [3.8, 4) is 0 Å². The number of anilines is 1. The van der Waals surface area contributed by atoms with Crippen LogP contribution in [0.1, 0.15) is 24.8 Å². The van der Waals surface area contributed by atoms with Crippen molar-refractivity contribution in [2.24, 2.45) is 5.92 Å². The monoisotopic (exact) mass is 263 g/mol. The van der Waals surface area contributed by atoms with Gasteiger partial charge in [0.15, 0.2) is 0 Å². The first-order valence-corrected chi connectivity index (χ1v) is 5.95. The van der Waals surface area contributed by atoms with Crippen LogP contribution in [0.3, 0.4) is 0 Å². The van der Waals surface area contributed by atoms with Gasteiger partial charge in [0.25, 0.3) is 0 Å². The first-order chi connectivity index (χ1) is 7.97. The van der Waals surface area contributed by atoms with Crippen LogP contribution >= 0.6 is 11.6 Å². The highest BCUT2D eigenvalue weighted by Gasteiger charge is 2.31. The number of rotatable bonds is 3. The molecule has 0 amide bonds. The molecule has 0 spiro atoms. The molecule has 0 atom stereocenters. The minimum absolute atomic E-state index is 0.331. The molecule has 1 aliphatic rings. The van der Waals surface area contributed by atoms with Crippen molar-refractivity contribution in [3.63, 3.8) is 0 Å². The van der Waals surface area contributed by atoms with Crippen LogP contribution in [-0.4, -0.2) is 6.54 Å². The normalized spacial score (nSPS) is 16.7. The van der Waals surface area contributed by atoms with Crippen molar-refractivity contribution in [1.82, 2.24) is 0 Å². The molecule has 0 bridgehead atoms. The van der Waals surface area contributed by atoms with Crippen molar-refractivity contribution in [2.45, 2.75) is 25.4 Å². The summed E-state index contributed by atoms with van der Waals surface area (Å²) in [7, 11) is 0. The predicted octanol–water partition coefficient (Wildman–Crippen LogP) is 4.57. The van der Waals surface area contributed by atoms with Gasteiger partial charge in [0.1, 0.15) is 0 Å². The lowest BCUT2D eigenvalue weighted by atomic mass is 9.85. The van der Waals surface area contributed by atoms with Crippen LogP contribution < -0.4 is 5.32 Å². The summed E-state index contributed by atoms with van der Waals surface area (Å²) in [5.74, 6) is 0.570. The molecule has 1 N–H and O–H groups in total. The van der Waals surface area contributed by atoms with Crippen LogP contribution in [0.4, 0.5) is 18.9 Å². The maximum Gasteiger partial charge on any atom is 0.416 e. The third kappa shape index (κ3) is 3.06. The van der Waals surface area contributed by atoms with Gasteiger partial charge in [0.05, 0.1) is 16.3 Å². The summed E-state index contributed by atoms with van der Waals surface area (Å²) >= 11 is 5.86. The number of nitrogens with one attached hydrogen (secondary N) is 1. The smallest absolute Gasteiger partial charge is 0.384 e. The van der Waals surface area contributed by atoms with Crippen LogP contribution in [-0.2, 0) is 6.18 Å². The first-order valence-electron chi connectivity index (χ1n) is 5.57. The zero-order chi connectivity index (χ0) is 12.5. The summed E-state index contributed by atoms with van der Waals surface area (Å²) < 4.78 is 37.5. The highest BCUT2D eigenvalue weighted by atomic mass is 35.5. The minimum Gasteiger partial charge on any atom is -0.384 e. The third-order valence-corrected chi connectivity index (χ3v) is 3.43. The second-order valence-electron chi connectivity index (χ2n) is 4.37. The van der Waals surface area contributed by atoms with E-state index in [2.05, 4.69) is 5.32 Å². The summed E-state index contributed by atoms with van der Waals surface area (Å²) in [6.45, 7) is 0.695. The number of benzene rings is 1. The molecular formula is C12H13ClF3N. The van der Waals surface area contributed by atoms with Gasteiger partial charge in [-0.05, 0) is 37.0 Å². The maximum absolute atomic E-state index is 12.5. The molecule has 2 rings (SSSR count).